The van der Waals surface area contributed by atoms with Crippen molar-refractivity contribution >= 4 is 7.12 Å². The van der Waals surface area contributed by atoms with Crippen molar-refractivity contribution in [1.29, 1.82) is 0 Å². The third kappa shape index (κ3) is 3.00. The summed E-state index contributed by atoms with van der Waals surface area (Å²) in [5.41, 5.74) is -1.70. The summed E-state index contributed by atoms with van der Waals surface area (Å²) in [6.07, 6.45) is 1.33. The lowest BCUT2D eigenvalue weighted by Crippen LogP contribution is -2.41. The maximum Gasteiger partial charge on any atom is 0.524 e. The molecule has 0 amide bonds. The normalized spacial score (nSPS) is 29.4. The molecular formula is C13H20BF3O2. The Morgan fingerprint density at radius 1 is 1.16 bits per heavy atom. The van der Waals surface area contributed by atoms with Crippen molar-refractivity contribution < 1.29 is 22.5 Å². The van der Waals surface area contributed by atoms with Crippen LogP contribution in [-0.4, -0.2) is 24.2 Å². The van der Waals surface area contributed by atoms with Gasteiger partial charge in [0.1, 0.15) is 5.73 Å². The smallest absolute Gasteiger partial charge is 0.398 e. The second-order valence-corrected chi connectivity index (χ2v) is 6.54. The second kappa shape index (κ2) is 4.52. The average molecular weight is 276 g/mol. The van der Waals surface area contributed by atoms with Gasteiger partial charge in [0.15, 0.2) is 0 Å². The summed E-state index contributed by atoms with van der Waals surface area (Å²) in [4.78, 5) is 0. The molecule has 108 valence electrons. The molecule has 1 saturated carbocycles. The van der Waals surface area contributed by atoms with Gasteiger partial charge in [0.05, 0.1) is 11.2 Å². The van der Waals surface area contributed by atoms with E-state index in [1.165, 1.54) is 6.08 Å². The van der Waals surface area contributed by atoms with E-state index in [-0.39, 0.29) is 18.8 Å². The Kier molecular flexibility index (Phi) is 3.55. The zero-order chi connectivity index (χ0) is 14.5. The van der Waals surface area contributed by atoms with Gasteiger partial charge in [-0.25, -0.2) is 13.2 Å². The number of rotatable bonds is 3. The highest BCUT2D eigenvalue weighted by atomic mass is 19.3. The molecule has 1 aliphatic heterocycles. The molecule has 2 nitrogen and oxygen atoms in total. The molecule has 1 aliphatic carbocycles. The van der Waals surface area contributed by atoms with Gasteiger partial charge in [0, 0.05) is 12.8 Å². The molecule has 0 unspecified atom stereocenters. The molecule has 0 spiro atoms. The predicted molar refractivity (Wildman–Crippen MR) is 67.6 cm³/mol. The fourth-order valence-electron chi connectivity index (χ4n) is 2.28. The zero-order valence-electron chi connectivity index (χ0n) is 11.8. The monoisotopic (exact) mass is 276 g/mol. The van der Waals surface area contributed by atoms with Crippen LogP contribution in [0.15, 0.2) is 11.8 Å². The number of hydrogen-bond donors (Lipinski definition) is 0. The first-order chi connectivity index (χ1) is 8.52. The van der Waals surface area contributed by atoms with E-state index in [1.54, 1.807) is 0 Å². The third-order valence-corrected chi connectivity index (χ3v) is 4.30. The molecule has 0 aromatic rings. The Bertz CT molecular complexity index is 369. The van der Waals surface area contributed by atoms with Crippen LogP contribution >= 0.6 is 0 Å². The molecule has 0 aromatic heterocycles. The van der Waals surface area contributed by atoms with Crippen LogP contribution in [0.2, 0.25) is 0 Å². The van der Waals surface area contributed by atoms with Crippen LogP contribution in [-0.2, 0) is 9.31 Å². The van der Waals surface area contributed by atoms with Gasteiger partial charge in [-0.1, -0.05) is 6.08 Å². The minimum Gasteiger partial charge on any atom is -0.398 e. The molecule has 1 saturated heterocycles. The van der Waals surface area contributed by atoms with E-state index in [1.807, 2.05) is 27.7 Å². The molecule has 0 N–H and O–H groups in total. The van der Waals surface area contributed by atoms with Crippen molar-refractivity contribution in [3.63, 3.8) is 0 Å². The maximum absolute atomic E-state index is 13.9. The topological polar surface area (TPSA) is 18.5 Å². The largest absolute Gasteiger partial charge is 0.524 e. The third-order valence-electron chi connectivity index (χ3n) is 4.30. The quantitative estimate of drug-likeness (QED) is 0.728. The lowest BCUT2D eigenvalue weighted by Gasteiger charge is -2.34. The van der Waals surface area contributed by atoms with Gasteiger partial charge < -0.3 is 9.31 Å². The van der Waals surface area contributed by atoms with Gasteiger partial charge in [-0.15, -0.1) is 0 Å². The lowest BCUT2D eigenvalue weighted by molar-refractivity contribution is -0.109. The minimum absolute atomic E-state index is 0.136. The molecule has 0 atom stereocenters. The predicted octanol–water partition coefficient (Wildman–Crippen LogP) is 3.91. The molecule has 19 heavy (non-hydrogen) atoms. The standard InChI is InChI=1S/C13H20BF3O2/c1-11(2)12(3,4)19-14(18-11)10(15)6-5-9-7-13(16,17)8-9/h6,9H,5,7-8H2,1-4H3. The second-order valence-electron chi connectivity index (χ2n) is 6.54. The van der Waals surface area contributed by atoms with Gasteiger partial charge in [0.2, 0.25) is 5.92 Å². The highest BCUT2D eigenvalue weighted by Gasteiger charge is 2.53. The van der Waals surface area contributed by atoms with E-state index in [9.17, 15) is 13.2 Å². The van der Waals surface area contributed by atoms with Crippen molar-refractivity contribution in [1.82, 2.24) is 0 Å². The number of allylic oxidation sites excluding steroid dienone is 1. The summed E-state index contributed by atoms with van der Waals surface area (Å²) in [7, 11) is -1.02. The molecule has 2 fully saturated rings. The summed E-state index contributed by atoms with van der Waals surface area (Å²) in [5.74, 6) is -2.69. The van der Waals surface area contributed by atoms with Gasteiger partial charge in [-0.3, -0.25) is 0 Å². The van der Waals surface area contributed by atoms with Gasteiger partial charge in [0.25, 0.3) is 0 Å². The van der Waals surface area contributed by atoms with E-state index in [0.29, 0.717) is 6.42 Å². The summed E-state index contributed by atoms with van der Waals surface area (Å²) < 4.78 is 50.3. The Hall–Kier alpha value is -0.485. The van der Waals surface area contributed by atoms with Gasteiger partial charge in [-0.05, 0) is 40.0 Å². The molecule has 0 bridgehead atoms. The van der Waals surface area contributed by atoms with Crippen LogP contribution in [0.3, 0.4) is 0 Å². The summed E-state index contributed by atoms with van der Waals surface area (Å²) in [6, 6.07) is 0. The molecule has 0 aromatic carbocycles. The first-order valence-electron chi connectivity index (χ1n) is 6.61. The van der Waals surface area contributed by atoms with Crippen molar-refractivity contribution in [2.45, 2.75) is 64.1 Å². The van der Waals surface area contributed by atoms with Crippen LogP contribution in [0.1, 0.15) is 47.0 Å². The SMILES string of the molecule is CC1(C)OB(C(F)=CCC2CC(F)(F)C2)OC1(C)C. The average Bonchev–Trinajstić information content (AvgIpc) is 2.41. The molecule has 6 heteroatoms. The zero-order valence-corrected chi connectivity index (χ0v) is 11.8. The van der Waals surface area contributed by atoms with Crippen molar-refractivity contribution in [2.24, 2.45) is 5.92 Å². The van der Waals surface area contributed by atoms with E-state index in [2.05, 4.69) is 0 Å². The Morgan fingerprint density at radius 2 is 1.63 bits per heavy atom. The highest BCUT2D eigenvalue weighted by molar-refractivity contribution is 6.53. The minimum atomic E-state index is -2.56. The first-order valence-corrected chi connectivity index (χ1v) is 6.61. The van der Waals surface area contributed by atoms with Crippen LogP contribution in [0, 0.1) is 5.92 Å². The summed E-state index contributed by atoms with van der Waals surface area (Å²) >= 11 is 0. The molecular weight excluding hydrogens is 256 g/mol. The maximum atomic E-state index is 13.9. The summed E-state index contributed by atoms with van der Waals surface area (Å²) in [6.45, 7) is 7.36. The van der Waals surface area contributed by atoms with Gasteiger partial charge in [-0.2, -0.15) is 0 Å². The number of hydrogen-bond acceptors (Lipinski definition) is 2. The van der Waals surface area contributed by atoms with E-state index in [0.717, 1.165) is 0 Å². The first kappa shape index (κ1) is 14.9. The van der Waals surface area contributed by atoms with Crippen molar-refractivity contribution in [3.05, 3.63) is 11.8 Å². The lowest BCUT2D eigenvalue weighted by atomic mass is 9.77. The van der Waals surface area contributed by atoms with Crippen molar-refractivity contribution in [3.8, 4) is 0 Å². The van der Waals surface area contributed by atoms with Crippen LogP contribution in [0.4, 0.5) is 13.2 Å². The Labute approximate surface area is 112 Å². The van der Waals surface area contributed by atoms with E-state index < -0.39 is 30.0 Å². The molecule has 0 radical (unpaired) electrons. The fraction of sp³-hybridized carbons (Fsp3) is 0.846. The fourth-order valence-corrected chi connectivity index (χ4v) is 2.28. The number of alkyl halides is 2. The van der Waals surface area contributed by atoms with Crippen LogP contribution in [0.5, 0.6) is 0 Å². The van der Waals surface area contributed by atoms with Crippen LogP contribution in [0.25, 0.3) is 0 Å². The Balaban J connectivity index is 1.89. The summed E-state index contributed by atoms with van der Waals surface area (Å²) in [5, 5.41) is 0. The Morgan fingerprint density at radius 3 is 2.05 bits per heavy atom. The molecule has 2 rings (SSSR count). The van der Waals surface area contributed by atoms with E-state index >= 15 is 0 Å². The molecule has 2 aliphatic rings. The van der Waals surface area contributed by atoms with E-state index in [4.69, 9.17) is 9.31 Å². The highest BCUT2D eigenvalue weighted by Crippen LogP contribution is 2.45. The number of halogens is 3. The van der Waals surface area contributed by atoms with Crippen LogP contribution < -0.4 is 0 Å². The van der Waals surface area contributed by atoms with Gasteiger partial charge >= 0.3 is 7.12 Å². The van der Waals surface area contributed by atoms with Crippen molar-refractivity contribution in [2.75, 3.05) is 0 Å². The molecule has 1 heterocycles.